The van der Waals surface area contributed by atoms with Crippen molar-refractivity contribution in [1.82, 2.24) is 4.89 Å². The van der Waals surface area contributed by atoms with Crippen LogP contribution in [0.2, 0.25) is 0 Å². The number of sulfonamides is 1. The third kappa shape index (κ3) is 3.89. The molecule has 0 aromatic carbocycles. The van der Waals surface area contributed by atoms with E-state index < -0.39 is 53.8 Å². The van der Waals surface area contributed by atoms with Crippen molar-refractivity contribution >= 4 is 20.1 Å². The first-order valence-corrected chi connectivity index (χ1v) is 7.56. The number of hydrogen-bond donors (Lipinski definition) is 1. The third-order valence-electron chi connectivity index (χ3n) is 1.99. The van der Waals surface area contributed by atoms with Crippen LogP contribution in [0.3, 0.4) is 0 Å². The van der Waals surface area contributed by atoms with E-state index in [9.17, 15) is 69.5 Å². The topological polar surface area (TPSA) is 89.5 Å². The summed E-state index contributed by atoms with van der Waals surface area (Å²) < 4.78 is 190. The van der Waals surface area contributed by atoms with Crippen LogP contribution in [0.4, 0.5) is 52.7 Å². The first-order chi connectivity index (χ1) is 10.5. The van der Waals surface area contributed by atoms with Crippen molar-refractivity contribution in [3.05, 3.63) is 0 Å². The van der Waals surface area contributed by atoms with E-state index in [4.69, 9.17) is 0 Å². The highest BCUT2D eigenvalue weighted by Crippen LogP contribution is 2.54. The Bertz CT molecular complexity index is 703. The quantitative estimate of drug-likeness (QED) is 0.383. The molecule has 0 aromatic heterocycles. The first-order valence-electron chi connectivity index (χ1n) is 4.67. The zero-order valence-corrected chi connectivity index (χ0v) is 12.0. The van der Waals surface area contributed by atoms with Crippen LogP contribution in [0.25, 0.3) is 0 Å². The Kier molecular flexibility index (Phi) is 5.76. The molecule has 0 aromatic rings. The van der Waals surface area contributed by atoms with Crippen molar-refractivity contribution in [2.75, 3.05) is 0 Å². The molecule has 0 bridgehead atoms. The van der Waals surface area contributed by atoms with Crippen LogP contribution in [-0.4, -0.2) is 45.6 Å². The van der Waals surface area contributed by atoms with E-state index in [1.165, 1.54) is 0 Å². The fourth-order valence-corrected chi connectivity index (χ4v) is 2.10. The summed E-state index contributed by atoms with van der Waals surface area (Å²) in [6.45, 7) is 0. The lowest BCUT2D eigenvalue weighted by Gasteiger charge is -2.32. The number of rotatable bonds is 6. The molecular weight excluding hydrogens is 446 g/mol. The largest absolute Gasteiger partial charge is 0.524 e. The van der Waals surface area contributed by atoms with Crippen molar-refractivity contribution in [3.63, 3.8) is 0 Å². The van der Waals surface area contributed by atoms with E-state index in [2.05, 4.69) is 4.28 Å². The molecule has 0 heterocycles. The Hall–Kier alpha value is -1.02. The SMILES string of the molecule is O=S(=O)(NOS(=O)(=O)C(F)(F)F)C(F)(F)C(F)(F)C(F)(F)C(F)(F)F. The van der Waals surface area contributed by atoms with Crippen LogP contribution in [0.15, 0.2) is 0 Å². The highest BCUT2D eigenvalue weighted by atomic mass is 32.2. The molecule has 0 atom stereocenters. The van der Waals surface area contributed by atoms with Crippen molar-refractivity contribution in [2.45, 2.75) is 28.8 Å². The summed E-state index contributed by atoms with van der Waals surface area (Å²) in [5, 5.41) is -7.47. The third-order valence-corrected chi connectivity index (χ3v) is 4.20. The summed E-state index contributed by atoms with van der Waals surface area (Å²) in [4.78, 5) is -0.791. The van der Waals surface area contributed by atoms with Crippen LogP contribution in [0.5, 0.6) is 0 Å². The molecule has 0 rings (SSSR count). The second kappa shape index (κ2) is 6.01. The Balaban J connectivity index is 5.94. The van der Waals surface area contributed by atoms with Crippen LogP contribution in [0, 0.1) is 0 Å². The van der Waals surface area contributed by atoms with Gasteiger partial charge in [0.15, 0.2) is 0 Å². The van der Waals surface area contributed by atoms with Crippen molar-refractivity contribution in [3.8, 4) is 0 Å². The maximum Gasteiger partial charge on any atom is 0.524 e. The predicted molar refractivity (Wildman–Crippen MR) is 49.0 cm³/mol. The van der Waals surface area contributed by atoms with Gasteiger partial charge < -0.3 is 0 Å². The van der Waals surface area contributed by atoms with Gasteiger partial charge in [-0.05, 0) is 0 Å². The van der Waals surface area contributed by atoms with Gasteiger partial charge in [-0.2, -0.15) is 65.4 Å². The van der Waals surface area contributed by atoms with Gasteiger partial charge in [-0.25, -0.2) is 8.42 Å². The number of alkyl halides is 12. The maximum absolute atomic E-state index is 12.9. The minimum absolute atomic E-state index is 0.791. The van der Waals surface area contributed by atoms with Crippen molar-refractivity contribution in [1.29, 1.82) is 0 Å². The average Bonchev–Trinajstić information content (AvgIpc) is 2.33. The average molecular weight is 447 g/mol. The van der Waals surface area contributed by atoms with Gasteiger partial charge in [-0.1, -0.05) is 4.89 Å². The van der Waals surface area contributed by atoms with Gasteiger partial charge in [-0.15, -0.1) is 0 Å². The summed E-state index contributed by atoms with van der Waals surface area (Å²) in [6.07, 6.45) is -7.42. The maximum atomic E-state index is 12.9. The van der Waals surface area contributed by atoms with E-state index in [-0.39, 0.29) is 0 Å². The lowest BCUT2D eigenvalue weighted by molar-refractivity contribution is -0.382. The van der Waals surface area contributed by atoms with Crippen LogP contribution in [0.1, 0.15) is 0 Å². The van der Waals surface area contributed by atoms with Gasteiger partial charge in [0, 0.05) is 0 Å². The Labute approximate surface area is 128 Å². The van der Waals surface area contributed by atoms with Crippen LogP contribution in [-0.2, 0) is 24.4 Å². The van der Waals surface area contributed by atoms with E-state index in [0.717, 1.165) is 0 Å². The van der Waals surface area contributed by atoms with E-state index in [1.807, 2.05) is 0 Å². The highest BCUT2D eigenvalue weighted by molar-refractivity contribution is 7.92. The van der Waals surface area contributed by atoms with Crippen LogP contribution < -0.4 is 4.89 Å². The second-order valence-corrected chi connectivity index (χ2v) is 6.96. The number of nitrogens with one attached hydrogen (secondary N) is 1. The zero-order chi connectivity index (χ0) is 20.9. The molecule has 0 amide bonds. The molecule has 1 N–H and O–H groups in total. The normalized spacial score (nSPS) is 16.2. The van der Waals surface area contributed by atoms with Gasteiger partial charge in [0.2, 0.25) is 0 Å². The lowest BCUT2D eigenvalue weighted by Crippen LogP contribution is -2.65. The molecule has 0 unspecified atom stereocenters. The number of halogens is 12. The van der Waals surface area contributed by atoms with E-state index in [0.29, 0.717) is 0 Å². The summed E-state index contributed by atoms with van der Waals surface area (Å²) in [6, 6.07) is 0. The molecule has 25 heavy (non-hydrogen) atoms. The van der Waals surface area contributed by atoms with Gasteiger partial charge in [0.05, 0.1) is 0 Å². The standard InChI is InChI=1S/C5HF12NO5S2/c6-1(7,3(10,11)12)2(8,9)4(13,14)24(19,20)18-23-25(21,22)5(15,16)17/h18H. The molecule has 0 saturated carbocycles. The van der Waals surface area contributed by atoms with E-state index >= 15 is 0 Å². The van der Waals surface area contributed by atoms with Crippen molar-refractivity contribution in [2.24, 2.45) is 0 Å². The summed E-state index contributed by atoms with van der Waals surface area (Å²) >= 11 is 0. The highest BCUT2D eigenvalue weighted by Gasteiger charge is 2.85. The fourth-order valence-electron chi connectivity index (χ4n) is 0.719. The molecule has 0 fully saturated rings. The number of hydrogen-bond acceptors (Lipinski definition) is 5. The smallest absolute Gasteiger partial charge is 0.204 e. The molecule has 152 valence electrons. The summed E-state index contributed by atoms with van der Waals surface area (Å²) in [5.41, 5.74) is -6.50. The minimum Gasteiger partial charge on any atom is -0.204 e. The zero-order valence-electron chi connectivity index (χ0n) is 10.4. The molecule has 0 spiro atoms. The van der Waals surface area contributed by atoms with Gasteiger partial charge in [-0.3, -0.25) is 0 Å². The lowest BCUT2D eigenvalue weighted by atomic mass is 10.1. The molecule has 0 aliphatic rings. The Morgan fingerprint density at radius 1 is 0.640 bits per heavy atom. The Morgan fingerprint density at radius 3 is 1.28 bits per heavy atom. The van der Waals surface area contributed by atoms with Gasteiger partial charge in [0.1, 0.15) is 0 Å². The molecule has 6 nitrogen and oxygen atoms in total. The van der Waals surface area contributed by atoms with Crippen molar-refractivity contribution < 1.29 is 73.8 Å². The summed E-state index contributed by atoms with van der Waals surface area (Å²) in [7, 11) is -14.7. The van der Waals surface area contributed by atoms with Gasteiger partial charge >= 0.3 is 48.9 Å². The van der Waals surface area contributed by atoms with Crippen LogP contribution >= 0.6 is 0 Å². The molecule has 0 saturated heterocycles. The predicted octanol–water partition coefficient (Wildman–Crippen LogP) is 2.11. The molecule has 0 aliphatic heterocycles. The molecular formula is C5HF12NO5S2. The first kappa shape index (κ1) is 24.0. The van der Waals surface area contributed by atoms with E-state index in [1.54, 1.807) is 0 Å². The molecule has 20 heteroatoms. The monoisotopic (exact) mass is 447 g/mol. The van der Waals surface area contributed by atoms with Gasteiger partial charge in [0.25, 0.3) is 0 Å². The minimum atomic E-state index is -7.78. The fraction of sp³-hybridized carbons (Fsp3) is 1.00. The summed E-state index contributed by atoms with van der Waals surface area (Å²) in [5.74, 6) is -15.5. The second-order valence-electron chi connectivity index (χ2n) is 3.73. The Morgan fingerprint density at radius 2 is 1.00 bits per heavy atom. The molecule has 0 radical (unpaired) electrons. The molecule has 0 aliphatic carbocycles.